The Morgan fingerprint density at radius 3 is 2.67 bits per heavy atom. The molecule has 0 radical (unpaired) electrons. The van der Waals surface area contributed by atoms with Crippen molar-refractivity contribution >= 4 is 17.4 Å². The van der Waals surface area contributed by atoms with Gasteiger partial charge in [0.25, 0.3) is 0 Å². The molecule has 6 heteroatoms. The lowest BCUT2D eigenvalue weighted by Gasteiger charge is -2.26. The Labute approximate surface area is 148 Å². The molecule has 1 aliphatic rings. The summed E-state index contributed by atoms with van der Waals surface area (Å²) in [5.74, 6) is -0.0570. The molecule has 0 amide bonds. The third-order valence-electron chi connectivity index (χ3n) is 3.92. The maximum Gasteiger partial charge on any atom is 0.187 e. The summed E-state index contributed by atoms with van der Waals surface area (Å²) in [5, 5.41) is 13.0. The third-order valence-corrected chi connectivity index (χ3v) is 4.17. The van der Waals surface area contributed by atoms with E-state index in [1.54, 1.807) is 30.3 Å². The van der Waals surface area contributed by atoms with Crippen LogP contribution in [0.1, 0.15) is 23.2 Å². The highest BCUT2D eigenvalue weighted by atomic mass is 35.5. The lowest BCUT2D eigenvalue weighted by molar-refractivity contribution is 0.0387. The van der Waals surface area contributed by atoms with Gasteiger partial charge >= 0.3 is 0 Å². The second-order valence-electron chi connectivity index (χ2n) is 5.75. The fourth-order valence-corrected chi connectivity index (χ4v) is 2.66. The van der Waals surface area contributed by atoms with E-state index in [0.29, 0.717) is 23.4 Å². The number of carbonyl (C=O) groups excluding carboxylic acids is 1. The Hall–Kier alpha value is -1.40. The number of ether oxygens (including phenoxy) is 1. The van der Waals surface area contributed by atoms with Crippen molar-refractivity contribution in [2.75, 3.05) is 46.0 Å². The molecule has 0 unspecified atom stereocenters. The van der Waals surface area contributed by atoms with Gasteiger partial charge in [-0.2, -0.15) is 0 Å². The first kappa shape index (κ1) is 18.9. The van der Waals surface area contributed by atoms with Gasteiger partial charge in [0.1, 0.15) is 0 Å². The molecule has 0 atom stereocenters. The van der Waals surface area contributed by atoms with E-state index < -0.39 is 0 Å². The lowest BCUT2D eigenvalue weighted by atomic mass is 10.1. The highest BCUT2D eigenvalue weighted by Gasteiger charge is 2.10. The van der Waals surface area contributed by atoms with Gasteiger partial charge in [-0.05, 0) is 37.1 Å². The lowest BCUT2D eigenvalue weighted by Crippen LogP contribution is -2.40. The molecule has 132 valence electrons. The van der Waals surface area contributed by atoms with Gasteiger partial charge in [-0.15, -0.1) is 0 Å². The standard InChI is InChI=1S/C18H25ClN2O3/c19-16-5-3-15(4-6-16)18(23)14-17(2-1-11-22)20-7-8-21-9-12-24-13-10-21/h3-6,14,20,22H,1-2,7-13H2/b17-14+. The summed E-state index contributed by atoms with van der Waals surface area (Å²) >= 11 is 5.85. The zero-order valence-corrected chi connectivity index (χ0v) is 14.6. The molecule has 1 heterocycles. The number of rotatable bonds is 9. The van der Waals surface area contributed by atoms with Gasteiger partial charge in [0, 0.05) is 55.1 Å². The first-order valence-electron chi connectivity index (χ1n) is 8.34. The number of ketones is 1. The van der Waals surface area contributed by atoms with Gasteiger partial charge in [-0.3, -0.25) is 9.69 Å². The van der Waals surface area contributed by atoms with Crippen LogP contribution in [0.5, 0.6) is 0 Å². The molecule has 0 aromatic heterocycles. The summed E-state index contributed by atoms with van der Waals surface area (Å²) in [6.45, 7) is 5.24. The zero-order chi connectivity index (χ0) is 17.2. The van der Waals surface area contributed by atoms with Crippen molar-refractivity contribution in [3.05, 3.63) is 46.6 Å². The van der Waals surface area contributed by atoms with Crippen LogP contribution in [-0.4, -0.2) is 61.8 Å². The number of hydrogen-bond acceptors (Lipinski definition) is 5. The molecule has 5 nitrogen and oxygen atoms in total. The van der Waals surface area contributed by atoms with Gasteiger partial charge in [0.15, 0.2) is 5.78 Å². The second kappa shape index (κ2) is 10.5. The molecule has 0 bridgehead atoms. The Kier molecular flexibility index (Phi) is 8.25. The van der Waals surface area contributed by atoms with Gasteiger partial charge in [-0.1, -0.05) is 11.6 Å². The van der Waals surface area contributed by atoms with Gasteiger partial charge in [0.2, 0.25) is 0 Å². The third kappa shape index (κ3) is 6.61. The number of halogens is 1. The van der Waals surface area contributed by atoms with Crippen LogP contribution < -0.4 is 5.32 Å². The molecule has 1 saturated heterocycles. The minimum absolute atomic E-state index is 0.0570. The first-order chi connectivity index (χ1) is 11.7. The van der Waals surface area contributed by atoms with Crippen molar-refractivity contribution < 1.29 is 14.6 Å². The molecular weight excluding hydrogens is 328 g/mol. The summed E-state index contributed by atoms with van der Waals surface area (Å²) in [6.07, 6.45) is 2.90. The van der Waals surface area contributed by atoms with Crippen LogP contribution in [0.4, 0.5) is 0 Å². The predicted molar refractivity (Wildman–Crippen MR) is 95.4 cm³/mol. The van der Waals surface area contributed by atoms with E-state index in [4.69, 9.17) is 21.4 Å². The Morgan fingerprint density at radius 2 is 2.00 bits per heavy atom. The average Bonchev–Trinajstić information content (AvgIpc) is 2.61. The fourth-order valence-electron chi connectivity index (χ4n) is 2.54. The molecule has 2 rings (SSSR count). The first-order valence-corrected chi connectivity index (χ1v) is 8.72. The molecule has 24 heavy (non-hydrogen) atoms. The fraction of sp³-hybridized carbons (Fsp3) is 0.500. The summed E-state index contributed by atoms with van der Waals surface area (Å²) in [5.41, 5.74) is 1.47. The van der Waals surface area contributed by atoms with Crippen LogP contribution in [-0.2, 0) is 4.74 Å². The summed E-state index contributed by atoms with van der Waals surface area (Å²) < 4.78 is 5.33. The topological polar surface area (TPSA) is 61.8 Å². The molecule has 1 aromatic rings. The van der Waals surface area contributed by atoms with Crippen molar-refractivity contribution in [3.63, 3.8) is 0 Å². The largest absolute Gasteiger partial charge is 0.396 e. The number of nitrogens with one attached hydrogen (secondary N) is 1. The van der Waals surface area contributed by atoms with Crippen LogP contribution in [0.15, 0.2) is 36.0 Å². The minimum Gasteiger partial charge on any atom is -0.396 e. The van der Waals surface area contributed by atoms with Crippen LogP contribution in [0, 0.1) is 0 Å². The van der Waals surface area contributed by atoms with Crippen LogP contribution in [0.3, 0.4) is 0 Å². The number of morpholine rings is 1. The van der Waals surface area contributed by atoms with E-state index in [9.17, 15) is 4.79 Å². The van der Waals surface area contributed by atoms with Crippen LogP contribution in [0.25, 0.3) is 0 Å². The normalized spacial score (nSPS) is 16.2. The second-order valence-corrected chi connectivity index (χ2v) is 6.19. The minimum atomic E-state index is -0.0570. The molecule has 2 N–H and O–H groups in total. The van der Waals surface area contributed by atoms with Crippen molar-refractivity contribution in [2.45, 2.75) is 12.8 Å². The van der Waals surface area contributed by atoms with E-state index >= 15 is 0 Å². The summed E-state index contributed by atoms with van der Waals surface area (Å²) in [4.78, 5) is 14.7. The summed E-state index contributed by atoms with van der Waals surface area (Å²) in [7, 11) is 0. The van der Waals surface area contributed by atoms with Crippen LogP contribution >= 0.6 is 11.6 Å². The summed E-state index contributed by atoms with van der Waals surface area (Å²) in [6, 6.07) is 6.86. The van der Waals surface area contributed by atoms with E-state index in [0.717, 1.165) is 45.1 Å². The predicted octanol–water partition coefficient (Wildman–Crippen LogP) is 2.10. The number of benzene rings is 1. The Morgan fingerprint density at radius 1 is 1.29 bits per heavy atom. The van der Waals surface area contributed by atoms with Crippen molar-refractivity contribution in [3.8, 4) is 0 Å². The van der Waals surface area contributed by atoms with E-state index in [-0.39, 0.29) is 12.4 Å². The number of aliphatic hydroxyl groups excluding tert-OH is 1. The SMILES string of the molecule is O=C(/C=C(\CCCO)NCCN1CCOCC1)c1ccc(Cl)cc1. The molecule has 0 spiro atoms. The van der Waals surface area contributed by atoms with Crippen molar-refractivity contribution in [1.82, 2.24) is 10.2 Å². The van der Waals surface area contributed by atoms with E-state index in [1.165, 1.54) is 0 Å². The highest BCUT2D eigenvalue weighted by molar-refractivity contribution is 6.30. The van der Waals surface area contributed by atoms with Gasteiger partial charge < -0.3 is 15.2 Å². The van der Waals surface area contributed by atoms with Crippen molar-refractivity contribution in [1.29, 1.82) is 0 Å². The van der Waals surface area contributed by atoms with Gasteiger partial charge in [0.05, 0.1) is 13.2 Å². The van der Waals surface area contributed by atoms with E-state index in [1.807, 2.05) is 0 Å². The highest BCUT2D eigenvalue weighted by Crippen LogP contribution is 2.12. The van der Waals surface area contributed by atoms with E-state index in [2.05, 4.69) is 10.2 Å². The zero-order valence-electron chi connectivity index (χ0n) is 13.8. The number of nitrogens with zero attached hydrogens (tertiary/aromatic N) is 1. The maximum absolute atomic E-state index is 12.3. The number of aliphatic hydroxyl groups is 1. The van der Waals surface area contributed by atoms with Crippen molar-refractivity contribution in [2.24, 2.45) is 0 Å². The Balaban J connectivity index is 1.90. The smallest absolute Gasteiger partial charge is 0.187 e. The molecule has 1 aliphatic heterocycles. The molecular formula is C18H25ClN2O3. The van der Waals surface area contributed by atoms with Crippen LogP contribution in [0.2, 0.25) is 5.02 Å². The molecule has 1 aromatic carbocycles. The number of hydrogen-bond donors (Lipinski definition) is 2. The monoisotopic (exact) mass is 352 g/mol. The maximum atomic E-state index is 12.3. The molecule has 0 saturated carbocycles. The number of allylic oxidation sites excluding steroid dienone is 2. The average molecular weight is 353 g/mol. The quantitative estimate of drug-likeness (QED) is 0.526. The molecule has 1 fully saturated rings. The Bertz CT molecular complexity index is 540. The van der Waals surface area contributed by atoms with Gasteiger partial charge in [-0.25, -0.2) is 0 Å². The number of carbonyl (C=O) groups is 1. The molecule has 0 aliphatic carbocycles.